The predicted molar refractivity (Wildman–Crippen MR) is 73.6 cm³/mol. The second-order valence-electron chi connectivity index (χ2n) is 5.68. The average molecular weight is 281 g/mol. The molecule has 1 fully saturated rings. The molecular formula is C14H19NO3S. The van der Waals surface area contributed by atoms with Gasteiger partial charge >= 0.3 is 0 Å². The minimum atomic E-state index is -3.53. The normalized spacial score (nSPS) is 16.4. The third kappa shape index (κ3) is 3.22. The lowest BCUT2D eigenvalue weighted by molar-refractivity contribution is 0.101. The maximum absolute atomic E-state index is 12.3. The third-order valence-corrected chi connectivity index (χ3v) is 5.25. The molecule has 1 N–H and O–H groups in total. The SMILES string of the molecule is CC(=O)c1ccc(S(=O)(=O)NC(C)(C)C2CC2)cc1. The molecule has 1 aliphatic rings. The highest BCUT2D eigenvalue weighted by atomic mass is 32.2. The van der Waals surface area contributed by atoms with Crippen molar-refractivity contribution in [2.75, 3.05) is 0 Å². The summed E-state index contributed by atoms with van der Waals surface area (Å²) in [5.74, 6) is 0.342. The molecule has 2 rings (SSSR count). The Labute approximate surface area is 114 Å². The Kier molecular flexibility index (Phi) is 3.53. The molecule has 5 heteroatoms. The highest BCUT2D eigenvalue weighted by molar-refractivity contribution is 7.89. The molecule has 0 bridgehead atoms. The Balaban J connectivity index is 2.21. The fourth-order valence-corrected chi connectivity index (χ4v) is 3.63. The second kappa shape index (κ2) is 4.72. The molecule has 0 aliphatic heterocycles. The van der Waals surface area contributed by atoms with Crippen LogP contribution in [0.2, 0.25) is 0 Å². The summed E-state index contributed by atoms with van der Waals surface area (Å²) in [7, 11) is -3.53. The summed E-state index contributed by atoms with van der Waals surface area (Å²) in [6.45, 7) is 5.27. The van der Waals surface area contributed by atoms with E-state index >= 15 is 0 Å². The van der Waals surface area contributed by atoms with Crippen LogP contribution in [0.1, 0.15) is 44.0 Å². The van der Waals surface area contributed by atoms with E-state index in [1.807, 2.05) is 13.8 Å². The van der Waals surface area contributed by atoms with Gasteiger partial charge in [0, 0.05) is 11.1 Å². The van der Waals surface area contributed by atoms with Crippen molar-refractivity contribution >= 4 is 15.8 Å². The van der Waals surface area contributed by atoms with Gasteiger partial charge in [-0.05, 0) is 51.7 Å². The quantitative estimate of drug-likeness (QED) is 0.843. The van der Waals surface area contributed by atoms with E-state index in [4.69, 9.17) is 0 Å². The predicted octanol–water partition coefficient (Wildman–Crippen LogP) is 2.36. The van der Waals surface area contributed by atoms with E-state index in [1.54, 1.807) is 12.1 Å². The summed E-state index contributed by atoms with van der Waals surface area (Å²) in [5.41, 5.74) is 0.0957. The summed E-state index contributed by atoms with van der Waals surface area (Å²) in [6.07, 6.45) is 2.14. The van der Waals surface area contributed by atoms with E-state index in [0.29, 0.717) is 11.5 Å². The molecule has 0 heterocycles. The molecule has 1 aliphatic carbocycles. The molecule has 0 unspecified atom stereocenters. The zero-order chi connectivity index (χ0) is 14.3. The van der Waals surface area contributed by atoms with Gasteiger partial charge in [0.2, 0.25) is 10.0 Å². The highest BCUT2D eigenvalue weighted by Gasteiger charge is 2.40. The molecule has 0 atom stereocenters. The van der Waals surface area contributed by atoms with Gasteiger partial charge in [-0.3, -0.25) is 4.79 Å². The van der Waals surface area contributed by atoms with Crippen molar-refractivity contribution in [2.45, 2.75) is 44.0 Å². The summed E-state index contributed by atoms with van der Waals surface area (Å²) < 4.78 is 27.3. The Hall–Kier alpha value is -1.20. The molecular weight excluding hydrogens is 262 g/mol. The van der Waals surface area contributed by atoms with Gasteiger partial charge < -0.3 is 0 Å². The van der Waals surface area contributed by atoms with E-state index in [-0.39, 0.29) is 10.7 Å². The van der Waals surface area contributed by atoms with Gasteiger partial charge in [0.05, 0.1) is 4.90 Å². The monoisotopic (exact) mass is 281 g/mol. The number of hydrogen-bond acceptors (Lipinski definition) is 3. The van der Waals surface area contributed by atoms with Crippen LogP contribution >= 0.6 is 0 Å². The molecule has 1 aromatic carbocycles. The largest absolute Gasteiger partial charge is 0.295 e. The van der Waals surface area contributed by atoms with Crippen LogP contribution in [-0.4, -0.2) is 19.7 Å². The van der Waals surface area contributed by atoms with Gasteiger partial charge in [-0.2, -0.15) is 0 Å². The minimum Gasteiger partial charge on any atom is -0.295 e. The second-order valence-corrected chi connectivity index (χ2v) is 7.36. The summed E-state index contributed by atoms with van der Waals surface area (Å²) in [5, 5.41) is 0. The number of rotatable bonds is 5. The molecule has 104 valence electrons. The van der Waals surface area contributed by atoms with Crippen LogP contribution in [0.4, 0.5) is 0 Å². The maximum Gasteiger partial charge on any atom is 0.241 e. The van der Waals surface area contributed by atoms with Crippen molar-refractivity contribution < 1.29 is 13.2 Å². The van der Waals surface area contributed by atoms with E-state index in [0.717, 1.165) is 12.8 Å². The van der Waals surface area contributed by atoms with E-state index in [2.05, 4.69) is 4.72 Å². The van der Waals surface area contributed by atoms with E-state index < -0.39 is 15.6 Å². The van der Waals surface area contributed by atoms with Crippen LogP contribution < -0.4 is 4.72 Å². The fraction of sp³-hybridized carbons (Fsp3) is 0.500. The number of benzene rings is 1. The van der Waals surface area contributed by atoms with Gasteiger partial charge in [0.1, 0.15) is 0 Å². The van der Waals surface area contributed by atoms with Gasteiger partial charge in [0.15, 0.2) is 5.78 Å². The van der Waals surface area contributed by atoms with Crippen molar-refractivity contribution in [3.05, 3.63) is 29.8 Å². The Morgan fingerprint density at radius 1 is 1.21 bits per heavy atom. The minimum absolute atomic E-state index is 0.0739. The van der Waals surface area contributed by atoms with Crippen molar-refractivity contribution in [3.63, 3.8) is 0 Å². The zero-order valence-corrected chi connectivity index (χ0v) is 12.3. The van der Waals surface area contributed by atoms with Gasteiger partial charge in [-0.1, -0.05) is 12.1 Å². The molecule has 1 saturated carbocycles. The molecule has 19 heavy (non-hydrogen) atoms. The molecule has 0 aromatic heterocycles. The number of ketones is 1. The first-order chi connectivity index (χ1) is 8.72. The topological polar surface area (TPSA) is 63.2 Å². The summed E-state index contributed by atoms with van der Waals surface area (Å²) in [6, 6.07) is 6.03. The van der Waals surface area contributed by atoms with Gasteiger partial charge in [0.25, 0.3) is 0 Å². The zero-order valence-electron chi connectivity index (χ0n) is 11.4. The van der Waals surface area contributed by atoms with Crippen LogP contribution in [0.3, 0.4) is 0 Å². The molecule has 0 amide bonds. The first-order valence-electron chi connectivity index (χ1n) is 6.37. The van der Waals surface area contributed by atoms with Crippen molar-refractivity contribution in [3.8, 4) is 0 Å². The Morgan fingerprint density at radius 2 is 1.74 bits per heavy atom. The lowest BCUT2D eigenvalue weighted by Gasteiger charge is -2.25. The van der Waals surface area contributed by atoms with Crippen LogP contribution in [0, 0.1) is 5.92 Å². The lowest BCUT2D eigenvalue weighted by Crippen LogP contribution is -2.45. The number of carbonyl (C=O) groups is 1. The molecule has 0 radical (unpaired) electrons. The molecule has 0 spiro atoms. The van der Waals surface area contributed by atoms with Crippen LogP contribution in [0.25, 0.3) is 0 Å². The van der Waals surface area contributed by atoms with Crippen LogP contribution in [0.15, 0.2) is 29.2 Å². The standard InChI is InChI=1S/C14H19NO3S/c1-10(16)11-4-8-13(9-5-11)19(17,18)15-14(2,3)12-6-7-12/h4-5,8-9,12,15H,6-7H2,1-3H3. The molecule has 1 aromatic rings. The van der Waals surface area contributed by atoms with Crippen molar-refractivity contribution in [2.24, 2.45) is 5.92 Å². The average Bonchev–Trinajstić information content (AvgIpc) is 3.11. The lowest BCUT2D eigenvalue weighted by atomic mass is 10.0. The Bertz CT molecular complexity index is 584. The number of hydrogen-bond donors (Lipinski definition) is 1. The van der Waals surface area contributed by atoms with Crippen molar-refractivity contribution in [1.29, 1.82) is 0 Å². The van der Waals surface area contributed by atoms with Crippen LogP contribution in [-0.2, 0) is 10.0 Å². The molecule has 4 nitrogen and oxygen atoms in total. The fourth-order valence-electron chi connectivity index (χ4n) is 2.16. The van der Waals surface area contributed by atoms with E-state index in [1.165, 1.54) is 19.1 Å². The Morgan fingerprint density at radius 3 is 2.16 bits per heavy atom. The smallest absolute Gasteiger partial charge is 0.241 e. The first kappa shape index (κ1) is 14.2. The maximum atomic E-state index is 12.3. The summed E-state index contributed by atoms with van der Waals surface area (Å²) in [4.78, 5) is 11.4. The number of Topliss-reactive ketones (excluding diaryl/α,β-unsaturated/α-hetero) is 1. The number of nitrogens with one attached hydrogen (secondary N) is 1. The third-order valence-electron chi connectivity index (χ3n) is 3.57. The number of sulfonamides is 1. The van der Waals surface area contributed by atoms with Crippen LogP contribution in [0.5, 0.6) is 0 Å². The number of carbonyl (C=O) groups excluding carboxylic acids is 1. The van der Waals surface area contributed by atoms with Gasteiger partial charge in [-0.25, -0.2) is 13.1 Å². The first-order valence-corrected chi connectivity index (χ1v) is 7.86. The molecule has 0 saturated heterocycles. The van der Waals surface area contributed by atoms with Gasteiger partial charge in [-0.15, -0.1) is 0 Å². The van der Waals surface area contributed by atoms with E-state index in [9.17, 15) is 13.2 Å². The summed E-state index contributed by atoms with van der Waals surface area (Å²) >= 11 is 0. The van der Waals surface area contributed by atoms with Crippen molar-refractivity contribution in [1.82, 2.24) is 4.72 Å². The highest BCUT2D eigenvalue weighted by Crippen LogP contribution is 2.39.